The molecular weight excluding hydrogens is 554 g/mol. The van der Waals surface area contributed by atoms with Crippen LogP contribution in [0, 0.1) is 0 Å². The fourth-order valence-electron chi connectivity index (χ4n) is 4.42. The van der Waals surface area contributed by atoms with E-state index in [0.717, 1.165) is 23.2 Å². The Morgan fingerprint density at radius 1 is 1.02 bits per heavy atom. The van der Waals surface area contributed by atoms with E-state index in [9.17, 15) is 13.2 Å². The van der Waals surface area contributed by atoms with Gasteiger partial charge in [-0.15, -0.1) is 0 Å². The van der Waals surface area contributed by atoms with Gasteiger partial charge in [-0.05, 0) is 25.0 Å². The lowest BCUT2D eigenvalue weighted by Gasteiger charge is -2.16. The summed E-state index contributed by atoms with van der Waals surface area (Å²) < 4.78 is 52.6. The van der Waals surface area contributed by atoms with Gasteiger partial charge >= 0.3 is 0 Å². The molecule has 1 aliphatic carbocycles. The van der Waals surface area contributed by atoms with E-state index in [1.54, 1.807) is 12.1 Å². The molecule has 0 saturated heterocycles. The highest BCUT2D eigenvalue weighted by Crippen LogP contribution is 2.41. The van der Waals surface area contributed by atoms with Gasteiger partial charge < -0.3 is 24.1 Å². The number of rotatable bonds is 10. The lowest BCUT2D eigenvalue weighted by Crippen LogP contribution is -2.20. The Hall–Kier alpha value is -5.05. The van der Waals surface area contributed by atoms with E-state index >= 15 is 0 Å². The molecule has 0 atom stereocenters. The van der Waals surface area contributed by atoms with Gasteiger partial charge in [0.15, 0.2) is 16.3 Å². The third-order valence-electron chi connectivity index (χ3n) is 6.56. The molecule has 3 N–H and O–H groups in total. The largest absolute Gasteiger partial charge is 0.495 e. The number of hydrogen-bond acceptors (Lipinski definition) is 11. The number of aromatic amines is 1. The molecule has 0 amide bonds. The second kappa shape index (κ2) is 10.2. The predicted molar refractivity (Wildman–Crippen MR) is 148 cm³/mol. The summed E-state index contributed by atoms with van der Waals surface area (Å²) in [5.74, 6) is 1.36. The average molecular weight is 580 g/mol. The highest BCUT2D eigenvalue weighted by molar-refractivity contribution is 7.93. The van der Waals surface area contributed by atoms with Crippen molar-refractivity contribution in [1.82, 2.24) is 25.1 Å². The lowest BCUT2D eigenvalue weighted by molar-refractivity contribution is 0.373. The maximum atomic E-state index is 13.7. The van der Waals surface area contributed by atoms with Crippen LogP contribution in [0.4, 0.5) is 17.3 Å². The maximum Gasteiger partial charge on any atom is 0.271 e. The minimum Gasteiger partial charge on any atom is -0.495 e. The van der Waals surface area contributed by atoms with Crippen molar-refractivity contribution in [2.45, 2.75) is 23.7 Å². The normalized spacial score (nSPS) is 13.2. The maximum absolute atomic E-state index is 13.7. The quantitative estimate of drug-likeness (QED) is 0.221. The molecule has 3 heterocycles. The summed E-state index contributed by atoms with van der Waals surface area (Å²) in [5, 5.41) is 18.9. The minimum atomic E-state index is -4.35. The SMILES string of the molecule is COc1cc2c(NS(=O)(=O)c3c(OC)cc(-n4ncccc4=O)cc3OC)noc2cc1Nc1cc(C2CC2)n[nH]1. The number of nitrogens with one attached hydrogen (secondary N) is 3. The molecule has 3 aromatic heterocycles. The van der Waals surface area contributed by atoms with Crippen molar-refractivity contribution < 1.29 is 27.2 Å². The fraction of sp³-hybridized carbons (Fsp3) is 0.231. The Morgan fingerprint density at radius 3 is 2.41 bits per heavy atom. The van der Waals surface area contributed by atoms with Gasteiger partial charge in [-0.3, -0.25) is 14.6 Å². The Labute approximate surface area is 233 Å². The lowest BCUT2D eigenvalue weighted by atomic mass is 10.2. The van der Waals surface area contributed by atoms with E-state index in [0.29, 0.717) is 34.1 Å². The number of hydrogen-bond donors (Lipinski definition) is 3. The summed E-state index contributed by atoms with van der Waals surface area (Å²) in [4.78, 5) is 12.0. The second-order valence-corrected chi connectivity index (χ2v) is 10.9. The summed E-state index contributed by atoms with van der Waals surface area (Å²) in [6.07, 6.45) is 3.68. The molecule has 6 rings (SSSR count). The highest BCUT2D eigenvalue weighted by Gasteiger charge is 2.29. The van der Waals surface area contributed by atoms with Crippen LogP contribution in [0.5, 0.6) is 17.2 Å². The molecule has 41 heavy (non-hydrogen) atoms. The zero-order valence-corrected chi connectivity index (χ0v) is 23.0. The molecular formula is C26H25N7O7S. The Kier molecular flexibility index (Phi) is 6.49. The molecule has 15 heteroatoms. The Bertz CT molecular complexity index is 1900. The van der Waals surface area contributed by atoms with Crippen molar-refractivity contribution in [3.63, 3.8) is 0 Å². The number of H-pyrrole nitrogens is 1. The first-order valence-corrected chi connectivity index (χ1v) is 13.9. The number of aromatic nitrogens is 5. The van der Waals surface area contributed by atoms with E-state index in [2.05, 4.69) is 30.5 Å². The smallest absolute Gasteiger partial charge is 0.271 e. The van der Waals surface area contributed by atoms with Crippen LogP contribution in [0.25, 0.3) is 16.7 Å². The van der Waals surface area contributed by atoms with Crippen LogP contribution in [0.1, 0.15) is 24.5 Å². The average Bonchev–Trinajstić information content (AvgIpc) is 3.61. The Balaban J connectivity index is 1.35. The van der Waals surface area contributed by atoms with Crippen molar-refractivity contribution in [2.24, 2.45) is 0 Å². The van der Waals surface area contributed by atoms with Crippen LogP contribution in [0.2, 0.25) is 0 Å². The topological polar surface area (TPSA) is 175 Å². The standard InChI is InChI=1S/C26H25N7O7S/c1-37-20-11-16-19(12-18(20)28-23-13-17(29-30-23)14-6-7-14)40-31-26(16)32-41(35,36)25-21(38-2)9-15(10-22(25)39-3)33-24(34)5-4-8-27-33/h4-5,8-14H,6-7H2,1-3H3,(H,31,32)(H2,28,29,30). The molecule has 212 valence electrons. The zero-order valence-electron chi connectivity index (χ0n) is 22.2. The molecule has 1 aliphatic rings. The summed E-state index contributed by atoms with van der Waals surface area (Å²) in [7, 11) is -0.245. The van der Waals surface area contributed by atoms with Gasteiger partial charge in [0.1, 0.15) is 23.1 Å². The van der Waals surface area contributed by atoms with Crippen LogP contribution in [0.3, 0.4) is 0 Å². The number of sulfonamides is 1. The molecule has 0 bridgehead atoms. The highest BCUT2D eigenvalue weighted by atomic mass is 32.2. The van der Waals surface area contributed by atoms with E-state index in [4.69, 9.17) is 18.7 Å². The van der Waals surface area contributed by atoms with E-state index < -0.39 is 15.6 Å². The van der Waals surface area contributed by atoms with Crippen molar-refractivity contribution >= 4 is 38.3 Å². The molecule has 5 aromatic rings. The number of benzene rings is 2. The first-order valence-electron chi connectivity index (χ1n) is 12.4. The number of methoxy groups -OCH3 is 3. The van der Waals surface area contributed by atoms with Crippen molar-refractivity contribution in [2.75, 3.05) is 31.4 Å². The van der Waals surface area contributed by atoms with Gasteiger partial charge in [-0.2, -0.15) is 14.9 Å². The third kappa shape index (κ3) is 4.91. The van der Waals surface area contributed by atoms with Crippen LogP contribution >= 0.6 is 0 Å². The molecule has 0 unspecified atom stereocenters. The Morgan fingerprint density at radius 2 is 1.76 bits per heavy atom. The predicted octanol–water partition coefficient (Wildman–Crippen LogP) is 3.54. The summed E-state index contributed by atoms with van der Waals surface area (Å²) in [6, 6.07) is 10.8. The van der Waals surface area contributed by atoms with Crippen LogP contribution in [0.15, 0.2) is 62.9 Å². The second-order valence-electron chi connectivity index (χ2n) is 9.24. The van der Waals surface area contributed by atoms with Gasteiger partial charge in [-0.1, -0.05) is 5.16 Å². The fourth-order valence-corrected chi connectivity index (χ4v) is 5.74. The first kappa shape index (κ1) is 26.2. The van der Waals surface area contributed by atoms with Gasteiger partial charge in [-0.25, -0.2) is 8.42 Å². The van der Waals surface area contributed by atoms with Crippen LogP contribution in [-0.2, 0) is 10.0 Å². The molecule has 2 aromatic carbocycles. The zero-order chi connectivity index (χ0) is 28.7. The number of fused-ring (bicyclic) bond motifs is 1. The van der Waals surface area contributed by atoms with E-state index in [-0.39, 0.29) is 27.9 Å². The van der Waals surface area contributed by atoms with Crippen molar-refractivity contribution in [3.8, 4) is 22.9 Å². The summed E-state index contributed by atoms with van der Waals surface area (Å²) in [6.45, 7) is 0. The third-order valence-corrected chi connectivity index (χ3v) is 7.96. The number of ether oxygens (including phenoxy) is 3. The molecule has 0 spiro atoms. The van der Waals surface area contributed by atoms with Crippen molar-refractivity contribution in [3.05, 3.63) is 64.7 Å². The molecule has 0 radical (unpaired) electrons. The monoisotopic (exact) mass is 579 g/mol. The first-order chi connectivity index (χ1) is 19.8. The molecule has 1 saturated carbocycles. The van der Waals surface area contributed by atoms with Gasteiger partial charge in [0.2, 0.25) is 0 Å². The number of anilines is 3. The van der Waals surface area contributed by atoms with Gasteiger partial charge in [0.05, 0.1) is 43.8 Å². The summed E-state index contributed by atoms with van der Waals surface area (Å²) in [5.41, 5.74) is 1.70. The van der Waals surface area contributed by atoms with Gasteiger partial charge in [0.25, 0.3) is 15.6 Å². The molecule has 14 nitrogen and oxygen atoms in total. The van der Waals surface area contributed by atoms with E-state index in [1.165, 1.54) is 51.8 Å². The molecule has 0 aliphatic heterocycles. The van der Waals surface area contributed by atoms with Crippen molar-refractivity contribution in [1.29, 1.82) is 0 Å². The summed E-state index contributed by atoms with van der Waals surface area (Å²) >= 11 is 0. The van der Waals surface area contributed by atoms with Gasteiger partial charge in [0, 0.05) is 42.4 Å². The van der Waals surface area contributed by atoms with E-state index in [1.807, 2.05) is 6.07 Å². The van der Waals surface area contributed by atoms with Crippen LogP contribution < -0.4 is 29.8 Å². The number of nitrogens with zero attached hydrogens (tertiary/aromatic N) is 4. The molecule has 1 fully saturated rings. The van der Waals surface area contributed by atoms with Crippen LogP contribution in [-0.4, -0.2) is 54.9 Å². The minimum absolute atomic E-state index is 0.0726.